The number of hydrogen-bond donors (Lipinski definition) is 1. The van der Waals surface area contributed by atoms with Crippen LogP contribution in [-0.4, -0.2) is 43.5 Å². The van der Waals surface area contributed by atoms with Crippen LogP contribution in [0, 0.1) is 10.1 Å². The summed E-state index contributed by atoms with van der Waals surface area (Å²) in [5.74, 6) is -1.18. The minimum atomic E-state index is -0.777. The van der Waals surface area contributed by atoms with Gasteiger partial charge in [0.25, 0.3) is 11.6 Å². The lowest BCUT2D eigenvalue weighted by atomic mass is 10.1. The lowest BCUT2D eigenvalue weighted by Gasteiger charge is -2.17. The minimum Gasteiger partial charge on any atom is -0.452 e. The number of ether oxygens (including phenoxy) is 1. The topological polar surface area (TPSA) is 102 Å². The monoisotopic (exact) mass is 337 g/mol. The Kier molecular flexibility index (Phi) is 7.16. The van der Waals surface area contributed by atoms with Crippen LogP contribution in [0.25, 0.3) is 0 Å². The Bertz CT molecular complexity index is 616. The number of amides is 1. The number of non-ortho nitro benzene ring substituents is 1. The highest BCUT2D eigenvalue weighted by Gasteiger charge is 2.20. The zero-order chi connectivity index (χ0) is 18.3. The Hall–Kier alpha value is -2.64. The largest absolute Gasteiger partial charge is 0.452 e. The van der Waals surface area contributed by atoms with Crippen molar-refractivity contribution in [3.05, 3.63) is 33.9 Å². The zero-order valence-corrected chi connectivity index (χ0v) is 14.4. The molecule has 0 saturated heterocycles. The van der Waals surface area contributed by atoms with Gasteiger partial charge in [0.05, 0.1) is 16.2 Å². The second-order valence-corrected chi connectivity index (χ2v) is 5.69. The standard InChI is InChI=1S/C16H23N3O5/c1-5-6-11(2)17-15(20)10-24-16(21)13-9-12(19(22)23)7-8-14(13)18(3)4/h7-9,11H,5-6,10H2,1-4H3,(H,17,20)/t11-/m1/s1. The van der Waals surface area contributed by atoms with Crippen molar-refractivity contribution in [2.24, 2.45) is 0 Å². The number of rotatable bonds is 8. The summed E-state index contributed by atoms with van der Waals surface area (Å²) in [6, 6.07) is 3.93. The van der Waals surface area contributed by atoms with Gasteiger partial charge < -0.3 is 15.0 Å². The molecule has 1 aromatic rings. The summed E-state index contributed by atoms with van der Waals surface area (Å²) in [5.41, 5.74) is 0.308. The summed E-state index contributed by atoms with van der Waals surface area (Å²) in [6.07, 6.45) is 1.76. The van der Waals surface area contributed by atoms with E-state index in [9.17, 15) is 19.7 Å². The fraction of sp³-hybridized carbons (Fsp3) is 0.500. The average molecular weight is 337 g/mol. The molecular formula is C16H23N3O5. The van der Waals surface area contributed by atoms with Crippen molar-refractivity contribution in [3.8, 4) is 0 Å². The highest BCUT2D eigenvalue weighted by molar-refractivity contribution is 5.97. The van der Waals surface area contributed by atoms with Crippen molar-refractivity contribution in [1.29, 1.82) is 0 Å². The molecule has 0 radical (unpaired) electrons. The smallest absolute Gasteiger partial charge is 0.341 e. The predicted octanol–water partition coefficient (Wildman–Crippen LogP) is 2.12. The van der Waals surface area contributed by atoms with Crippen molar-refractivity contribution < 1.29 is 19.2 Å². The molecule has 0 aromatic heterocycles. The number of benzene rings is 1. The van der Waals surface area contributed by atoms with Gasteiger partial charge in [-0.05, 0) is 19.4 Å². The molecular weight excluding hydrogens is 314 g/mol. The van der Waals surface area contributed by atoms with E-state index < -0.39 is 23.4 Å². The van der Waals surface area contributed by atoms with E-state index in [0.717, 1.165) is 18.9 Å². The van der Waals surface area contributed by atoms with Crippen LogP contribution in [-0.2, 0) is 9.53 Å². The maximum atomic E-state index is 12.2. The Labute approximate surface area is 140 Å². The highest BCUT2D eigenvalue weighted by atomic mass is 16.6. The molecule has 0 fully saturated rings. The third-order valence-corrected chi connectivity index (χ3v) is 3.36. The van der Waals surface area contributed by atoms with E-state index in [1.807, 2.05) is 13.8 Å². The van der Waals surface area contributed by atoms with E-state index in [4.69, 9.17) is 4.74 Å². The van der Waals surface area contributed by atoms with E-state index in [1.54, 1.807) is 19.0 Å². The highest BCUT2D eigenvalue weighted by Crippen LogP contribution is 2.24. The number of esters is 1. The van der Waals surface area contributed by atoms with Crippen LogP contribution in [0.15, 0.2) is 18.2 Å². The molecule has 0 heterocycles. The van der Waals surface area contributed by atoms with Gasteiger partial charge in [0.2, 0.25) is 0 Å². The molecule has 1 N–H and O–H groups in total. The van der Waals surface area contributed by atoms with E-state index in [0.29, 0.717) is 5.69 Å². The second-order valence-electron chi connectivity index (χ2n) is 5.69. The van der Waals surface area contributed by atoms with Gasteiger partial charge >= 0.3 is 5.97 Å². The quantitative estimate of drug-likeness (QED) is 0.443. The number of nitrogens with zero attached hydrogens (tertiary/aromatic N) is 2. The third kappa shape index (κ3) is 5.53. The van der Waals surface area contributed by atoms with Gasteiger partial charge in [-0.15, -0.1) is 0 Å². The fourth-order valence-electron chi connectivity index (χ4n) is 2.22. The molecule has 0 aliphatic carbocycles. The molecule has 1 amide bonds. The summed E-state index contributed by atoms with van der Waals surface area (Å²) >= 11 is 0. The van der Waals surface area contributed by atoms with Crippen molar-refractivity contribution in [2.45, 2.75) is 32.7 Å². The second kappa shape index (κ2) is 8.85. The number of nitrogens with one attached hydrogen (secondary N) is 1. The molecule has 24 heavy (non-hydrogen) atoms. The van der Waals surface area contributed by atoms with Gasteiger partial charge in [-0.1, -0.05) is 13.3 Å². The lowest BCUT2D eigenvalue weighted by molar-refractivity contribution is -0.384. The molecule has 1 atom stereocenters. The SMILES string of the molecule is CCC[C@@H](C)NC(=O)COC(=O)c1cc([N+](=O)[O-])ccc1N(C)C. The normalized spacial score (nSPS) is 11.5. The number of anilines is 1. The Morgan fingerprint density at radius 1 is 1.38 bits per heavy atom. The van der Waals surface area contributed by atoms with E-state index in [2.05, 4.69) is 5.32 Å². The molecule has 132 valence electrons. The predicted molar refractivity (Wildman–Crippen MR) is 90.2 cm³/mol. The first-order chi connectivity index (χ1) is 11.3. The van der Waals surface area contributed by atoms with Crippen molar-refractivity contribution in [3.63, 3.8) is 0 Å². The van der Waals surface area contributed by atoms with Crippen LogP contribution in [0.5, 0.6) is 0 Å². The van der Waals surface area contributed by atoms with Crippen LogP contribution in [0.2, 0.25) is 0 Å². The molecule has 1 rings (SSSR count). The van der Waals surface area contributed by atoms with Crippen molar-refractivity contribution in [2.75, 3.05) is 25.6 Å². The van der Waals surface area contributed by atoms with E-state index in [1.165, 1.54) is 12.1 Å². The van der Waals surface area contributed by atoms with Crippen LogP contribution in [0.1, 0.15) is 37.0 Å². The first-order valence-corrected chi connectivity index (χ1v) is 7.68. The molecule has 0 unspecified atom stereocenters. The first-order valence-electron chi connectivity index (χ1n) is 7.68. The summed E-state index contributed by atoms with van der Waals surface area (Å²) in [6.45, 7) is 3.45. The number of nitro benzene ring substituents is 1. The van der Waals surface area contributed by atoms with Crippen molar-refractivity contribution >= 4 is 23.3 Å². The zero-order valence-electron chi connectivity index (χ0n) is 14.4. The fourth-order valence-corrected chi connectivity index (χ4v) is 2.22. The van der Waals surface area contributed by atoms with Gasteiger partial charge in [-0.2, -0.15) is 0 Å². The average Bonchev–Trinajstić information content (AvgIpc) is 2.51. The summed E-state index contributed by atoms with van der Waals surface area (Å²) in [5, 5.41) is 13.6. The van der Waals surface area contributed by atoms with Crippen LogP contribution in [0.4, 0.5) is 11.4 Å². The number of carbonyl (C=O) groups is 2. The van der Waals surface area contributed by atoms with Gasteiger partial charge in [0, 0.05) is 32.3 Å². The van der Waals surface area contributed by atoms with Gasteiger partial charge in [-0.3, -0.25) is 14.9 Å². The van der Waals surface area contributed by atoms with E-state index >= 15 is 0 Å². The maximum Gasteiger partial charge on any atom is 0.341 e. The Morgan fingerprint density at radius 2 is 2.04 bits per heavy atom. The van der Waals surface area contributed by atoms with Gasteiger partial charge in [-0.25, -0.2) is 4.79 Å². The molecule has 1 aromatic carbocycles. The summed E-state index contributed by atoms with van der Waals surface area (Å²) in [7, 11) is 3.41. The Morgan fingerprint density at radius 3 is 2.58 bits per heavy atom. The molecule has 8 heteroatoms. The molecule has 0 saturated carbocycles. The van der Waals surface area contributed by atoms with E-state index in [-0.39, 0.29) is 17.3 Å². The number of carbonyl (C=O) groups excluding carboxylic acids is 2. The molecule has 0 spiro atoms. The maximum absolute atomic E-state index is 12.2. The molecule has 0 bridgehead atoms. The molecule has 0 aliphatic heterocycles. The van der Waals surface area contributed by atoms with Crippen LogP contribution in [0.3, 0.4) is 0 Å². The molecule has 0 aliphatic rings. The Balaban J connectivity index is 2.81. The first kappa shape index (κ1) is 19.4. The lowest BCUT2D eigenvalue weighted by Crippen LogP contribution is -2.35. The minimum absolute atomic E-state index is 0.00338. The third-order valence-electron chi connectivity index (χ3n) is 3.36. The number of nitro groups is 1. The summed E-state index contributed by atoms with van der Waals surface area (Å²) < 4.78 is 4.99. The van der Waals surface area contributed by atoms with Gasteiger partial charge in [0.15, 0.2) is 6.61 Å². The van der Waals surface area contributed by atoms with Crippen molar-refractivity contribution in [1.82, 2.24) is 5.32 Å². The van der Waals surface area contributed by atoms with Crippen LogP contribution >= 0.6 is 0 Å². The number of hydrogen-bond acceptors (Lipinski definition) is 6. The summed E-state index contributed by atoms with van der Waals surface area (Å²) in [4.78, 5) is 35.9. The van der Waals surface area contributed by atoms with Crippen LogP contribution < -0.4 is 10.2 Å². The van der Waals surface area contributed by atoms with Gasteiger partial charge in [0.1, 0.15) is 0 Å². The molecule has 8 nitrogen and oxygen atoms in total.